The molecule has 1 radical (unpaired) electrons. The van der Waals surface area contributed by atoms with Gasteiger partial charge in [-0.1, -0.05) is 48.6 Å². The molecule has 0 aliphatic carbocycles. The third-order valence-corrected chi connectivity index (χ3v) is 10.6. The summed E-state index contributed by atoms with van der Waals surface area (Å²) in [6.45, 7) is 0. The topological polar surface area (TPSA) is 70.3 Å². The Hall–Kier alpha value is -5.76. The van der Waals surface area contributed by atoms with Gasteiger partial charge in [0.25, 0.3) is 0 Å². The third kappa shape index (κ3) is 6.26. The maximum absolute atomic E-state index is 5.76. The molecule has 8 bridgehead atoms. The van der Waals surface area contributed by atoms with E-state index >= 15 is 0 Å². The van der Waals surface area contributed by atoms with E-state index in [4.69, 9.17) is 9.97 Å². The van der Waals surface area contributed by atoms with Gasteiger partial charge in [-0.15, -0.1) is 0 Å². The quantitative estimate of drug-likeness (QED) is 0.206. The summed E-state index contributed by atoms with van der Waals surface area (Å²) in [5, 5.41) is 0. The molecule has 0 aromatic carbocycles. The van der Waals surface area contributed by atoms with E-state index < -0.39 is 0 Å². The number of allylic oxidation sites excluding steroid dienone is 8. The monoisotopic (exact) mass is 737 g/mol. The van der Waals surface area contributed by atoms with Crippen molar-refractivity contribution in [2.24, 2.45) is 0 Å². The van der Waals surface area contributed by atoms with Crippen molar-refractivity contribution in [1.82, 2.24) is 39.5 Å². The van der Waals surface area contributed by atoms with Gasteiger partial charge >= 0.3 is 0 Å². The van der Waals surface area contributed by atoms with Crippen molar-refractivity contribution in [2.45, 2.75) is 24.2 Å². The molecule has 4 unspecified atom stereocenters. The molecule has 6 aliphatic rings. The van der Waals surface area contributed by atoms with E-state index in [1.165, 1.54) is 16.7 Å². The van der Waals surface area contributed by atoms with Crippen LogP contribution in [0.1, 0.15) is 46.0 Å². The molecule has 3 aromatic heterocycles. The van der Waals surface area contributed by atoms with Gasteiger partial charge < -0.3 is 29.6 Å². The van der Waals surface area contributed by atoms with Crippen LogP contribution in [0.3, 0.4) is 0 Å². The van der Waals surface area contributed by atoms with Crippen LogP contribution >= 0.6 is 0 Å². The van der Waals surface area contributed by atoms with E-state index in [2.05, 4.69) is 204 Å². The summed E-state index contributed by atoms with van der Waals surface area (Å²) < 4.78 is 0. The van der Waals surface area contributed by atoms with Crippen LogP contribution in [0.4, 0.5) is 0 Å². The van der Waals surface area contributed by atoms with E-state index in [0.29, 0.717) is 0 Å². The average Bonchev–Trinajstić information content (AvgIpc) is 3.95. The second-order valence-corrected chi connectivity index (χ2v) is 14.1. The van der Waals surface area contributed by atoms with E-state index in [0.717, 1.165) is 50.4 Å². The molecule has 0 saturated carbocycles. The van der Waals surface area contributed by atoms with E-state index in [9.17, 15) is 0 Å². The van der Waals surface area contributed by atoms with Crippen LogP contribution in [0.15, 0.2) is 134 Å². The van der Waals surface area contributed by atoms with E-state index in [-0.39, 0.29) is 41.2 Å². The Labute approximate surface area is 321 Å². The van der Waals surface area contributed by atoms with Crippen LogP contribution in [0, 0.1) is 0 Å². The third-order valence-electron chi connectivity index (χ3n) is 10.6. The van der Waals surface area contributed by atoms with Crippen molar-refractivity contribution in [3.63, 3.8) is 0 Å². The van der Waals surface area contributed by atoms with Crippen molar-refractivity contribution >= 4 is 45.4 Å². The molecule has 8 nitrogen and oxygen atoms in total. The van der Waals surface area contributed by atoms with Gasteiger partial charge in [-0.05, 0) is 97.7 Å². The fourth-order valence-electron chi connectivity index (χ4n) is 8.04. The fourth-order valence-corrected chi connectivity index (χ4v) is 8.04. The van der Waals surface area contributed by atoms with Crippen LogP contribution < -0.4 is 0 Å². The van der Waals surface area contributed by atoms with Crippen molar-refractivity contribution < 1.29 is 17.1 Å². The second-order valence-electron chi connectivity index (χ2n) is 14.1. The Morgan fingerprint density at radius 2 is 1.04 bits per heavy atom. The Morgan fingerprint density at radius 1 is 0.509 bits per heavy atom. The summed E-state index contributed by atoms with van der Waals surface area (Å²) in [5.41, 5.74) is 12.5. The van der Waals surface area contributed by atoms with Gasteiger partial charge in [0.05, 0.1) is 52.5 Å². The van der Waals surface area contributed by atoms with Crippen molar-refractivity contribution in [2.75, 3.05) is 28.2 Å². The summed E-state index contributed by atoms with van der Waals surface area (Å²) in [7, 11) is 8.61. The Morgan fingerprint density at radius 3 is 1.64 bits per heavy atom. The number of nitrogens with zero attached hydrogens (tertiary/aromatic N) is 6. The van der Waals surface area contributed by atoms with Gasteiger partial charge in [0, 0.05) is 84.1 Å². The number of hydrogen-bond donors (Lipinski definition) is 2. The first kappa shape index (κ1) is 34.3. The molecule has 265 valence electrons. The summed E-state index contributed by atoms with van der Waals surface area (Å²) >= 11 is 0. The molecular formula is C44H42MnN8. The van der Waals surface area contributed by atoms with Crippen LogP contribution in [-0.4, -0.2) is 79.8 Å². The van der Waals surface area contributed by atoms with Crippen molar-refractivity contribution in [1.29, 1.82) is 0 Å². The number of aromatic amines is 2. The van der Waals surface area contributed by atoms with Crippen LogP contribution in [-0.2, 0) is 17.1 Å². The molecule has 2 N–H and O–H groups in total. The maximum atomic E-state index is 5.76. The second kappa shape index (κ2) is 14.0. The molecule has 4 atom stereocenters. The van der Waals surface area contributed by atoms with Crippen molar-refractivity contribution in [3.05, 3.63) is 168 Å². The summed E-state index contributed by atoms with van der Waals surface area (Å²) in [4.78, 5) is 27.5. The molecule has 53 heavy (non-hydrogen) atoms. The van der Waals surface area contributed by atoms with E-state index in [1.807, 2.05) is 0 Å². The fraction of sp³-hybridized carbons (Fsp3) is 0.182. The predicted molar refractivity (Wildman–Crippen MR) is 214 cm³/mol. The van der Waals surface area contributed by atoms with E-state index in [1.54, 1.807) is 0 Å². The summed E-state index contributed by atoms with van der Waals surface area (Å²) in [6, 6.07) is 12.8. The number of H-pyrrole nitrogens is 2. The molecule has 9 rings (SSSR count). The minimum Gasteiger partial charge on any atom is -0.370 e. The first-order valence-corrected chi connectivity index (χ1v) is 17.9. The number of nitrogens with one attached hydrogen (secondary N) is 2. The number of hydrogen-bond acceptors (Lipinski definition) is 6. The smallest absolute Gasteiger partial charge is 0.0774 e. The number of rotatable bonds is 4. The van der Waals surface area contributed by atoms with Gasteiger partial charge in [0.1, 0.15) is 0 Å². The molecule has 0 saturated heterocycles. The molecule has 0 amide bonds. The first-order valence-electron chi connectivity index (χ1n) is 17.9. The molecule has 6 aliphatic heterocycles. The first-order chi connectivity index (χ1) is 25.4. The molecule has 0 spiro atoms. The van der Waals surface area contributed by atoms with Gasteiger partial charge in [0.2, 0.25) is 0 Å². The predicted octanol–water partition coefficient (Wildman–Crippen LogP) is 8.27. The molecule has 3 aromatic rings. The van der Waals surface area contributed by atoms with Crippen LogP contribution in [0.25, 0.3) is 45.4 Å². The zero-order valence-corrected chi connectivity index (χ0v) is 31.4. The Kier molecular flexibility index (Phi) is 9.06. The SMILES string of the molecule is CN1C=CC=CC1C1=C(C2C=CC=CN2C)c2nc1cc1nc(cc3ccc(cc4cc(C5C=CC=CN5C)c([nH]4)c2C2C=CC=CN2C)[nH]3)C=C1.[Mn]. The number of fused-ring (bicyclic) bond motifs is 8. The van der Waals surface area contributed by atoms with Crippen LogP contribution in [0.5, 0.6) is 0 Å². The van der Waals surface area contributed by atoms with Crippen molar-refractivity contribution in [3.8, 4) is 0 Å². The molecule has 9 heteroatoms. The minimum absolute atomic E-state index is 0. The molecule has 0 fully saturated rings. The summed E-state index contributed by atoms with van der Waals surface area (Å²) in [5.74, 6) is 0. The zero-order chi connectivity index (χ0) is 35.3. The Balaban J connectivity index is 0.00000400. The standard InChI is InChI=1S/C44H42N8.Mn/c1-49-21-9-5-13-36(49)34-27-33-26-31-18-17-29(45-31)25-30-19-20-32(46-30)28-35-40(37-14-6-10-22-50(37)2)41(38-15-7-11-23-51(38)3)44(48-35)42(43(34)47-33)39-16-8-12-24-52(39)4;/h5-28,36-39,45,47H,1-4H3;. The van der Waals surface area contributed by atoms with Gasteiger partial charge in [0.15, 0.2) is 0 Å². The van der Waals surface area contributed by atoms with Gasteiger partial charge in [-0.2, -0.15) is 0 Å². The molecular weight excluding hydrogens is 695 g/mol. The largest absolute Gasteiger partial charge is 0.370 e. The minimum atomic E-state index is -0.0970. The van der Waals surface area contributed by atoms with Crippen LogP contribution in [0.2, 0.25) is 0 Å². The number of aromatic nitrogens is 4. The van der Waals surface area contributed by atoms with Gasteiger partial charge in [-0.3, -0.25) is 0 Å². The normalized spacial score (nSPS) is 22.8. The Bertz CT molecular complexity index is 2430. The zero-order valence-electron chi connectivity index (χ0n) is 30.2. The maximum Gasteiger partial charge on any atom is 0.0774 e. The van der Waals surface area contributed by atoms with Gasteiger partial charge in [-0.25, -0.2) is 9.97 Å². The molecule has 9 heterocycles. The average molecular weight is 738 g/mol. The summed E-state index contributed by atoms with van der Waals surface area (Å²) in [6.07, 6.45) is 38.9. The number of likely N-dealkylation sites (N-methyl/N-ethyl adjacent to an activating group) is 4.